The fourth-order valence-electron chi connectivity index (χ4n) is 3.68. The molecule has 5 heteroatoms. The van der Waals surface area contributed by atoms with Crippen LogP contribution in [0.3, 0.4) is 0 Å². The van der Waals surface area contributed by atoms with Crippen LogP contribution in [0.5, 0.6) is 5.75 Å². The van der Waals surface area contributed by atoms with Crippen LogP contribution in [-0.4, -0.2) is 53.9 Å². The van der Waals surface area contributed by atoms with Gasteiger partial charge in [0.2, 0.25) is 0 Å². The number of likely N-dealkylation sites (tertiary alicyclic amines) is 1. The van der Waals surface area contributed by atoms with Crippen LogP contribution < -0.4 is 4.74 Å². The third-order valence-electron chi connectivity index (χ3n) is 4.93. The molecule has 0 radical (unpaired) electrons. The fourth-order valence-corrected chi connectivity index (χ4v) is 3.68. The van der Waals surface area contributed by atoms with Gasteiger partial charge < -0.3 is 14.5 Å². The summed E-state index contributed by atoms with van der Waals surface area (Å²) in [6.07, 6.45) is 3.28. The van der Waals surface area contributed by atoms with E-state index < -0.39 is 0 Å². The molecule has 2 amide bonds. The first-order chi connectivity index (χ1) is 12.3. The molecular formula is C21H32N2O3. The molecule has 2 atom stereocenters. The molecule has 0 aromatic heterocycles. The van der Waals surface area contributed by atoms with Gasteiger partial charge in [0, 0.05) is 31.2 Å². The first-order valence-corrected chi connectivity index (χ1v) is 9.59. The molecule has 2 rings (SSSR count). The van der Waals surface area contributed by atoms with Crippen molar-refractivity contribution >= 4 is 11.8 Å². The van der Waals surface area contributed by atoms with E-state index in [4.69, 9.17) is 4.74 Å². The maximum Gasteiger partial charge on any atom is 0.260 e. The summed E-state index contributed by atoms with van der Waals surface area (Å²) in [6.45, 7) is 9.12. The van der Waals surface area contributed by atoms with E-state index in [1.807, 2.05) is 11.9 Å². The standard InChI is InChI=1S/C21H32N2O3/c1-15(2)13-22(5)21(25)18-9-11-19(12-10-18)26-14-20(24)23-16(3)7-6-8-17(23)4/h9-12,15-17H,6-8,13-14H2,1-5H3. The first-order valence-electron chi connectivity index (χ1n) is 9.59. The lowest BCUT2D eigenvalue weighted by Crippen LogP contribution is -2.49. The monoisotopic (exact) mass is 360 g/mol. The Hall–Kier alpha value is -2.04. The molecule has 0 saturated carbocycles. The molecule has 5 nitrogen and oxygen atoms in total. The van der Waals surface area contributed by atoms with Crippen LogP contribution in [0, 0.1) is 5.92 Å². The molecule has 1 aromatic rings. The van der Waals surface area contributed by atoms with Gasteiger partial charge in [-0.25, -0.2) is 0 Å². The molecule has 0 aliphatic carbocycles. The van der Waals surface area contributed by atoms with Crippen molar-refractivity contribution in [3.63, 3.8) is 0 Å². The number of benzene rings is 1. The smallest absolute Gasteiger partial charge is 0.260 e. The van der Waals surface area contributed by atoms with E-state index in [1.165, 1.54) is 6.42 Å². The minimum Gasteiger partial charge on any atom is -0.484 e. The number of carbonyl (C=O) groups is 2. The lowest BCUT2D eigenvalue weighted by molar-refractivity contribution is -0.139. The molecular weight excluding hydrogens is 328 g/mol. The molecule has 1 fully saturated rings. The van der Waals surface area contributed by atoms with Crippen molar-refractivity contribution in [1.29, 1.82) is 0 Å². The molecule has 1 aromatic carbocycles. The van der Waals surface area contributed by atoms with Crippen LogP contribution >= 0.6 is 0 Å². The largest absolute Gasteiger partial charge is 0.484 e. The maximum absolute atomic E-state index is 12.5. The summed E-state index contributed by atoms with van der Waals surface area (Å²) in [6, 6.07) is 7.56. The van der Waals surface area contributed by atoms with Crippen LogP contribution in [0.2, 0.25) is 0 Å². The molecule has 0 bridgehead atoms. The molecule has 26 heavy (non-hydrogen) atoms. The Bertz CT molecular complexity index is 602. The number of hydrogen-bond acceptors (Lipinski definition) is 3. The first kappa shape index (κ1) is 20.3. The molecule has 1 aliphatic rings. The molecule has 2 unspecified atom stereocenters. The number of ether oxygens (including phenoxy) is 1. The van der Waals surface area contributed by atoms with Gasteiger partial charge in [0.25, 0.3) is 11.8 Å². The van der Waals surface area contributed by atoms with E-state index in [2.05, 4.69) is 27.7 Å². The van der Waals surface area contributed by atoms with E-state index in [0.717, 1.165) is 19.4 Å². The predicted molar refractivity (Wildman–Crippen MR) is 103 cm³/mol. The summed E-state index contributed by atoms with van der Waals surface area (Å²) in [4.78, 5) is 28.5. The average molecular weight is 360 g/mol. The highest BCUT2D eigenvalue weighted by Gasteiger charge is 2.28. The van der Waals surface area contributed by atoms with Gasteiger partial charge in [-0.2, -0.15) is 0 Å². The molecule has 0 N–H and O–H groups in total. The number of amides is 2. The summed E-state index contributed by atoms with van der Waals surface area (Å²) < 4.78 is 5.66. The quantitative estimate of drug-likeness (QED) is 0.779. The van der Waals surface area contributed by atoms with Crippen molar-refractivity contribution in [3.8, 4) is 5.75 Å². The lowest BCUT2D eigenvalue weighted by atomic mass is 9.97. The van der Waals surface area contributed by atoms with Crippen LogP contribution in [0.4, 0.5) is 0 Å². The summed E-state index contributed by atoms with van der Waals surface area (Å²) in [5.74, 6) is 1.06. The zero-order valence-corrected chi connectivity index (χ0v) is 16.7. The number of carbonyl (C=O) groups excluding carboxylic acids is 2. The Labute approximate surface area is 157 Å². The summed E-state index contributed by atoms with van der Waals surface area (Å²) >= 11 is 0. The molecule has 1 heterocycles. The fraction of sp³-hybridized carbons (Fsp3) is 0.619. The lowest BCUT2D eigenvalue weighted by Gasteiger charge is -2.38. The summed E-state index contributed by atoms with van der Waals surface area (Å²) in [5, 5.41) is 0. The van der Waals surface area contributed by atoms with E-state index in [1.54, 1.807) is 29.2 Å². The van der Waals surface area contributed by atoms with E-state index in [9.17, 15) is 9.59 Å². The van der Waals surface area contributed by atoms with Crippen molar-refractivity contribution < 1.29 is 14.3 Å². The average Bonchev–Trinajstić information content (AvgIpc) is 2.59. The van der Waals surface area contributed by atoms with Crippen LogP contribution in [0.25, 0.3) is 0 Å². The number of piperidine rings is 1. The van der Waals surface area contributed by atoms with Crippen molar-refractivity contribution in [2.24, 2.45) is 5.92 Å². The van der Waals surface area contributed by atoms with Crippen molar-refractivity contribution in [2.75, 3.05) is 20.2 Å². The second kappa shape index (κ2) is 9.06. The topological polar surface area (TPSA) is 49.9 Å². The second-order valence-electron chi connectivity index (χ2n) is 7.82. The maximum atomic E-state index is 12.5. The van der Waals surface area contributed by atoms with Gasteiger partial charge in [0.1, 0.15) is 5.75 Å². The molecule has 1 aliphatic heterocycles. The van der Waals surface area contributed by atoms with E-state index >= 15 is 0 Å². The molecule has 144 valence electrons. The predicted octanol–water partition coefficient (Wildman–Crippen LogP) is 3.58. The highest BCUT2D eigenvalue weighted by molar-refractivity contribution is 5.94. The minimum absolute atomic E-state index is 0.00251. The third kappa shape index (κ3) is 5.23. The second-order valence-corrected chi connectivity index (χ2v) is 7.82. The van der Waals surface area contributed by atoms with Gasteiger partial charge in [0.05, 0.1) is 0 Å². The Kier molecular flexibility index (Phi) is 7.06. The zero-order valence-electron chi connectivity index (χ0n) is 16.7. The zero-order chi connectivity index (χ0) is 19.3. The summed E-state index contributed by atoms with van der Waals surface area (Å²) in [7, 11) is 1.81. The van der Waals surface area contributed by atoms with E-state index in [0.29, 0.717) is 17.2 Å². The van der Waals surface area contributed by atoms with Gasteiger partial charge in [0.15, 0.2) is 6.61 Å². The van der Waals surface area contributed by atoms with Gasteiger partial charge >= 0.3 is 0 Å². The van der Waals surface area contributed by atoms with Gasteiger partial charge in [-0.15, -0.1) is 0 Å². The van der Waals surface area contributed by atoms with E-state index in [-0.39, 0.29) is 30.5 Å². The normalized spacial score (nSPS) is 20.2. The molecule has 0 spiro atoms. The Morgan fingerprint density at radius 2 is 1.73 bits per heavy atom. The van der Waals surface area contributed by atoms with Crippen molar-refractivity contribution in [3.05, 3.63) is 29.8 Å². The van der Waals surface area contributed by atoms with Gasteiger partial charge in [-0.05, 0) is 63.3 Å². The number of nitrogens with zero attached hydrogens (tertiary/aromatic N) is 2. The Balaban J connectivity index is 1.91. The third-order valence-corrected chi connectivity index (χ3v) is 4.93. The SMILES string of the molecule is CC(C)CN(C)C(=O)c1ccc(OCC(=O)N2C(C)CCCC2C)cc1. The Morgan fingerprint density at radius 1 is 1.15 bits per heavy atom. The molecule has 1 saturated heterocycles. The highest BCUT2D eigenvalue weighted by atomic mass is 16.5. The minimum atomic E-state index is -0.00251. The summed E-state index contributed by atoms with van der Waals surface area (Å²) in [5.41, 5.74) is 0.630. The van der Waals surface area contributed by atoms with Crippen molar-refractivity contribution in [1.82, 2.24) is 9.80 Å². The Morgan fingerprint density at radius 3 is 2.27 bits per heavy atom. The van der Waals surface area contributed by atoms with Crippen LogP contribution in [0.1, 0.15) is 57.3 Å². The van der Waals surface area contributed by atoms with Crippen LogP contribution in [0.15, 0.2) is 24.3 Å². The van der Waals surface area contributed by atoms with Gasteiger partial charge in [-0.1, -0.05) is 13.8 Å². The van der Waals surface area contributed by atoms with Crippen LogP contribution in [-0.2, 0) is 4.79 Å². The number of rotatable bonds is 6. The highest BCUT2D eigenvalue weighted by Crippen LogP contribution is 2.23. The van der Waals surface area contributed by atoms with Crippen molar-refractivity contribution in [2.45, 2.75) is 59.0 Å². The number of hydrogen-bond donors (Lipinski definition) is 0. The van der Waals surface area contributed by atoms with Gasteiger partial charge in [-0.3, -0.25) is 9.59 Å².